The Bertz CT molecular complexity index is 527. The molecule has 0 bridgehead atoms. The summed E-state index contributed by atoms with van der Waals surface area (Å²) in [6.45, 7) is 0.596. The Morgan fingerprint density at radius 3 is 3.00 bits per heavy atom. The van der Waals surface area contributed by atoms with Crippen LogP contribution in [0.1, 0.15) is 31.2 Å². The molecule has 1 fully saturated rings. The first kappa shape index (κ1) is 13.6. The largest absolute Gasteiger partial charge is 0.480 e. The highest BCUT2D eigenvalue weighted by molar-refractivity contribution is 6.34. The first-order valence-corrected chi connectivity index (χ1v) is 6.57. The number of hydrogen-bond donors (Lipinski definition) is 1. The molecule has 1 saturated heterocycles. The van der Waals surface area contributed by atoms with Gasteiger partial charge in [-0.25, -0.2) is 9.78 Å². The van der Waals surface area contributed by atoms with Crippen molar-refractivity contribution < 1.29 is 9.90 Å². The van der Waals surface area contributed by atoms with Crippen LogP contribution in [-0.2, 0) is 4.79 Å². The molecular formula is C13H14ClN3O2. The average molecular weight is 280 g/mol. The Morgan fingerprint density at radius 2 is 2.32 bits per heavy atom. The van der Waals surface area contributed by atoms with Crippen LogP contribution in [0.3, 0.4) is 0 Å². The lowest BCUT2D eigenvalue weighted by molar-refractivity contribution is -0.138. The molecule has 0 amide bonds. The molecule has 0 radical (unpaired) electrons. The van der Waals surface area contributed by atoms with Crippen LogP contribution in [0.15, 0.2) is 12.3 Å². The van der Waals surface area contributed by atoms with Crippen LogP contribution in [0, 0.1) is 11.3 Å². The Morgan fingerprint density at radius 1 is 1.53 bits per heavy atom. The van der Waals surface area contributed by atoms with Crippen LogP contribution >= 0.6 is 11.6 Å². The molecule has 1 N–H and O–H groups in total. The quantitative estimate of drug-likeness (QED) is 0.900. The molecule has 1 atom stereocenters. The van der Waals surface area contributed by atoms with Gasteiger partial charge in [0.05, 0.1) is 5.56 Å². The number of aliphatic carboxylic acids is 1. The Hall–Kier alpha value is -1.80. The van der Waals surface area contributed by atoms with E-state index in [0.29, 0.717) is 24.3 Å². The number of anilines is 1. The van der Waals surface area contributed by atoms with Crippen molar-refractivity contribution in [1.82, 2.24) is 4.98 Å². The lowest BCUT2D eigenvalue weighted by Gasteiger charge is -2.28. The molecule has 0 aliphatic carbocycles. The van der Waals surface area contributed by atoms with Crippen molar-refractivity contribution in [1.29, 1.82) is 5.26 Å². The van der Waals surface area contributed by atoms with Crippen LogP contribution in [0.4, 0.5) is 5.82 Å². The summed E-state index contributed by atoms with van der Waals surface area (Å²) in [6.07, 6.45) is 4.84. The van der Waals surface area contributed by atoms with Gasteiger partial charge in [-0.05, 0) is 18.9 Å². The normalized spacial score (nSPS) is 19.6. The smallest absolute Gasteiger partial charge is 0.326 e. The minimum absolute atomic E-state index is 0.234. The second-order valence-electron chi connectivity index (χ2n) is 4.50. The number of nitriles is 1. The molecular weight excluding hydrogens is 266 g/mol. The lowest BCUT2D eigenvalue weighted by atomic mass is 10.1. The summed E-state index contributed by atoms with van der Waals surface area (Å²) in [5, 5.41) is 18.5. The molecule has 6 heteroatoms. The summed E-state index contributed by atoms with van der Waals surface area (Å²) >= 11 is 6.15. The van der Waals surface area contributed by atoms with Gasteiger partial charge in [-0.2, -0.15) is 5.26 Å². The number of pyridine rings is 1. The van der Waals surface area contributed by atoms with Crippen molar-refractivity contribution in [2.45, 2.75) is 31.7 Å². The van der Waals surface area contributed by atoms with Gasteiger partial charge < -0.3 is 10.0 Å². The van der Waals surface area contributed by atoms with E-state index in [1.165, 1.54) is 12.3 Å². The van der Waals surface area contributed by atoms with E-state index in [9.17, 15) is 9.90 Å². The van der Waals surface area contributed by atoms with E-state index in [1.54, 1.807) is 4.90 Å². The predicted octanol–water partition coefficient (Wildman–Crippen LogP) is 2.44. The summed E-state index contributed by atoms with van der Waals surface area (Å²) in [4.78, 5) is 17.3. The fourth-order valence-electron chi connectivity index (χ4n) is 2.34. The molecule has 5 nitrogen and oxygen atoms in total. The number of carboxylic acid groups (broad SMARTS) is 1. The maximum atomic E-state index is 11.4. The summed E-state index contributed by atoms with van der Waals surface area (Å²) in [5.41, 5.74) is 0.319. The van der Waals surface area contributed by atoms with Crippen molar-refractivity contribution >= 4 is 23.4 Å². The van der Waals surface area contributed by atoms with Gasteiger partial charge in [0.1, 0.15) is 23.0 Å². The van der Waals surface area contributed by atoms with E-state index in [0.717, 1.165) is 19.3 Å². The Kier molecular flexibility index (Phi) is 4.23. The summed E-state index contributed by atoms with van der Waals surface area (Å²) in [7, 11) is 0. The van der Waals surface area contributed by atoms with Crippen molar-refractivity contribution in [2.24, 2.45) is 0 Å². The van der Waals surface area contributed by atoms with E-state index in [4.69, 9.17) is 16.9 Å². The number of halogens is 1. The molecule has 0 spiro atoms. The molecule has 1 aromatic rings. The van der Waals surface area contributed by atoms with Gasteiger partial charge in [0.25, 0.3) is 0 Å². The van der Waals surface area contributed by atoms with Gasteiger partial charge >= 0.3 is 5.97 Å². The molecule has 0 saturated carbocycles. The van der Waals surface area contributed by atoms with Crippen molar-refractivity contribution in [3.05, 3.63) is 22.8 Å². The number of nitrogens with zero attached hydrogens (tertiary/aromatic N) is 3. The minimum Gasteiger partial charge on any atom is -0.480 e. The predicted molar refractivity (Wildman–Crippen MR) is 71.2 cm³/mol. The molecule has 2 rings (SSSR count). The van der Waals surface area contributed by atoms with Gasteiger partial charge in [-0.15, -0.1) is 0 Å². The second-order valence-corrected chi connectivity index (χ2v) is 4.88. The topological polar surface area (TPSA) is 77.2 Å². The third kappa shape index (κ3) is 2.79. The van der Waals surface area contributed by atoms with Crippen molar-refractivity contribution in [2.75, 3.05) is 11.4 Å². The Balaban J connectivity index is 2.42. The van der Waals surface area contributed by atoms with E-state index >= 15 is 0 Å². The third-order valence-corrected chi connectivity index (χ3v) is 3.67. The van der Waals surface area contributed by atoms with E-state index < -0.39 is 12.0 Å². The maximum absolute atomic E-state index is 11.4. The zero-order valence-electron chi connectivity index (χ0n) is 10.3. The van der Waals surface area contributed by atoms with Gasteiger partial charge in [0, 0.05) is 12.7 Å². The van der Waals surface area contributed by atoms with Crippen molar-refractivity contribution in [3.63, 3.8) is 0 Å². The average Bonchev–Trinajstić information content (AvgIpc) is 2.64. The first-order chi connectivity index (χ1) is 9.15. The monoisotopic (exact) mass is 279 g/mol. The van der Waals surface area contributed by atoms with Crippen molar-refractivity contribution in [3.8, 4) is 6.07 Å². The zero-order valence-corrected chi connectivity index (χ0v) is 11.1. The highest BCUT2D eigenvalue weighted by atomic mass is 35.5. The SMILES string of the molecule is N#Cc1ccnc(N2CCCCCC2C(=O)O)c1Cl. The van der Waals surface area contributed by atoms with Crippen LogP contribution in [0.2, 0.25) is 5.02 Å². The maximum Gasteiger partial charge on any atom is 0.326 e. The van der Waals surface area contributed by atoms with Crippen LogP contribution in [0.25, 0.3) is 0 Å². The van der Waals surface area contributed by atoms with Crippen LogP contribution in [-0.4, -0.2) is 28.6 Å². The highest BCUT2D eigenvalue weighted by Gasteiger charge is 2.29. The van der Waals surface area contributed by atoms with Gasteiger partial charge in [-0.3, -0.25) is 0 Å². The second kappa shape index (κ2) is 5.89. The van der Waals surface area contributed by atoms with E-state index in [2.05, 4.69) is 4.98 Å². The molecule has 2 heterocycles. The molecule has 1 aromatic heterocycles. The molecule has 1 aliphatic rings. The summed E-state index contributed by atoms with van der Waals surface area (Å²) < 4.78 is 0. The number of aromatic nitrogens is 1. The summed E-state index contributed by atoms with van der Waals surface area (Å²) in [5.74, 6) is -0.475. The van der Waals surface area contributed by atoms with Gasteiger partial charge in [0.15, 0.2) is 0 Å². The van der Waals surface area contributed by atoms with E-state index in [1.807, 2.05) is 6.07 Å². The fourth-order valence-corrected chi connectivity index (χ4v) is 2.60. The third-order valence-electron chi connectivity index (χ3n) is 3.30. The number of rotatable bonds is 2. The number of carbonyl (C=O) groups is 1. The molecule has 1 aliphatic heterocycles. The molecule has 19 heavy (non-hydrogen) atoms. The van der Waals surface area contributed by atoms with Crippen LogP contribution in [0.5, 0.6) is 0 Å². The Labute approximate surface area is 116 Å². The standard InChI is InChI=1S/C13H14ClN3O2/c14-11-9(8-15)5-6-16-12(11)17-7-3-1-2-4-10(17)13(18)19/h5-6,10H,1-4,7H2,(H,18,19). The molecule has 1 unspecified atom stereocenters. The highest BCUT2D eigenvalue weighted by Crippen LogP contribution is 2.30. The number of carboxylic acids is 1. The zero-order chi connectivity index (χ0) is 13.8. The van der Waals surface area contributed by atoms with Gasteiger partial charge in [0.2, 0.25) is 0 Å². The molecule has 0 aromatic carbocycles. The first-order valence-electron chi connectivity index (χ1n) is 6.19. The minimum atomic E-state index is -0.873. The summed E-state index contributed by atoms with van der Waals surface area (Å²) in [6, 6.07) is 2.89. The number of hydrogen-bond acceptors (Lipinski definition) is 4. The van der Waals surface area contributed by atoms with E-state index in [-0.39, 0.29) is 5.02 Å². The van der Waals surface area contributed by atoms with Crippen LogP contribution < -0.4 is 4.90 Å². The fraction of sp³-hybridized carbons (Fsp3) is 0.462. The van der Waals surface area contributed by atoms with Gasteiger partial charge in [-0.1, -0.05) is 24.4 Å². The molecule has 100 valence electrons. The lowest BCUT2D eigenvalue weighted by Crippen LogP contribution is -2.41.